The number of fused-ring (bicyclic) bond motifs is 3. The Kier molecular flexibility index (Phi) is 19.0. The van der Waals surface area contributed by atoms with Gasteiger partial charge in [0.05, 0.1) is 17.6 Å². The predicted octanol–water partition coefficient (Wildman–Crippen LogP) is 7.59. The lowest BCUT2D eigenvalue weighted by Gasteiger charge is -2.37. The van der Waals surface area contributed by atoms with Gasteiger partial charge in [0, 0.05) is 18.1 Å². The molecule has 412 valence electrons. The van der Waals surface area contributed by atoms with Crippen LogP contribution in [-0.4, -0.2) is 89.3 Å². The van der Waals surface area contributed by atoms with Crippen molar-refractivity contribution in [2.45, 2.75) is 107 Å². The van der Waals surface area contributed by atoms with Gasteiger partial charge in [-0.25, -0.2) is 9.59 Å². The summed E-state index contributed by atoms with van der Waals surface area (Å²) in [5.74, 6) is -5.41. The Hall–Kier alpha value is -8.44. The van der Waals surface area contributed by atoms with E-state index < -0.39 is 94.6 Å². The number of esters is 1. The number of alkyl carbamates (subject to hydrolysis) is 1. The minimum absolute atomic E-state index is 0.0967. The number of nitrogens with one attached hydrogen (secondary N) is 4. The van der Waals surface area contributed by atoms with Gasteiger partial charge in [0.25, 0.3) is 0 Å². The van der Waals surface area contributed by atoms with Crippen LogP contribution in [0.1, 0.15) is 93.7 Å². The molecule has 6 amide bonds. The topological polar surface area (TPSA) is 247 Å². The summed E-state index contributed by atoms with van der Waals surface area (Å²) in [6.07, 6.45) is -2.48. The highest BCUT2D eigenvalue weighted by molar-refractivity contribution is 8.00. The van der Waals surface area contributed by atoms with Gasteiger partial charge in [-0.1, -0.05) is 152 Å². The summed E-state index contributed by atoms with van der Waals surface area (Å²) in [4.78, 5) is 97.0. The molecule has 79 heavy (non-hydrogen) atoms. The number of benzene rings is 6. The summed E-state index contributed by atoms with van der Waals surface area (Å²) in [6, 6.07) is 45.2. The molecule has 0 heterocycles. The van der Waals surface area contributed by atoms with Crippen molar-refractivity contribution in [2.75, 3.05) is 12.4 Å². The summed E-state index contributed by atoms with van der Waals surface area (Å²) in [7, 11) is 0. The van der Waals surface area contributed by atoms with Crippen LogP contribution in [0.5, 0.6) is 5.75 Å². The number of hydrogen-bond acceptors (Lipinski definition) is 11. The van der Waals surface area contributed by atoms with E-state index in [9.17, 15) is 28.8 Å². The standard InChI is InChI=1S/C62H68N6O10S/c1-60(2,3)77-43-32-30-39(31-33-43)34-49(65-56(72)50(35-53(63)69)68-59(75)76-37-48-46-28-18-16-26-44(46)45-27-17-19-29-47(45)48)55(71)67-52(57(73)66-51(36-54(64)70)58(74)78-61(4,5)6)38-79-62(40-20-10-7-11-21-40,41-22-12-8-13-23-41)42-24-14-9-15-25-42/h7-33,48-52H,34-38H2,1-6H3,(H2,63,69)(H2,64,70)(H,65,72)(H,66,73)(H,67,71)(H,68,75)/t49-,50-,51-,52-/m0/s1. The summed E-state index contributed by atoms with van der Waals surface area (Å²) in [5, 5.41) is 10.7. The lowest BCUT2D eigenvalue weighted by Crippen LogP contribution is -2.59. The van der Waals surface area contributed by atoms with E-state index in [0.29, 0.717) is 11.3 Å². The molecule has 0 radical (unpaired) electrons. The van der Waals surface area contributed by atoms with E-state index in [-0.39, 0.29) is 24.7 Å². The van der Waals surface area contributed by atoms with Gasteiger partial charge in [0.15, 0.2) is 0 Å². The molecule has 8 N–H and O–H groups in total. The van der Waals surface area contributed by atoms with Crippen LogP contribution < -0.4 is 37.5 Å². The molecule has 16 nitrogen and oxygen atoms in total. The second kappa shape index (κ2) is 25.8. The third-order valence-corrected chi connectivity index (χ3v) is 14.5. The van der Waals surface area contributed by atoms with Crippen LogP contribution >= 0.6 is 11.8 Å². The quantitative estimate of drug-likeness (QED) is 0.0270. The van der Waals surface area contributed by atoms with Gasteiger partial charge >= 0.3 is 12.1 Å². The number of amides is 6. The molecule has 0 saturated carbocycles. The van der Waals surface area contributed by atoms with E-state index in [1.165, 1.54) is 11.8 Å². The molecule has 1 aliphatic carbocycles. The zero-order valence-electron chi connectivity index (χ0n) is 45.2. The van der Waals surface area contributed by atoms with Crippen LogP contribution in [0.25, 0.3) is 11.1 Å². The largest absolute Gasteiger partial charge is 0.488 e. The summed E-state index contributed by atoms with van der Waals surface area (Å²) in [5.41, 5.74) is 16.8. The van der Waals surface area contributed by atoms with Crippen LogP contribution in [0.2, 0.25) is 0 Å². The molecular weight excluding hydrogens is 1020 g/mol. The maximum absolute atomic E-state index is 15.2. The second-order valence-corrected chi connectivity index (χ2v) is 22.5. The zero-order valence-corrected chi connectivity index (χ0v) is 46.0. The first-order chi connectivity index (χ1) is 37.6. The van der Waals surface area contributed by atoms with Gasteiger partial charge < -0.3 is 46.9 Å². The van der Waals surface area contributed by atoms with Crippen molar-refractivity contribution in [3.05, 3.63) is 197 Å². The van der Waals surface area contributed by atoms with E-state index in [2.05, 4.69) is 21.3 Å². The monoisotopic (exact) mass is 1090 g/mol. The van der Waals surface area contributed by atoms with Crippen LogP contribution in [0.15, 0.2) is 164 Å². The molecule has 0 unspecified atom stereocenters. The van der Waals surface area contributed by atoms with E-state index in [0.717, 1.165) is 38.9 Å². The highest BCUT2D eigenvalue weighted by Gasteiger charge is 2.41. The predicted molar refractivity (Wildman–Crippen MR) is 303 cm³/mol. The Bertz CT molecular complexity index is 2970. The maximum Gasteiger partial charge on any atom is 0.407 e. The highest BCUT2D eigenvalue weighted by atomic mass is 32.2. The molecule has 0 aliphatic heterocycles. The first kappa shape index (κ1) is 58.2. The molecular formula is C62H68N6O10S. The first-order valence-electron chi connectivity index (χ1n) is 26.0. The minimum atomic E-state index is -1.62. The van der Waals surface area contributed by atoms with E-state index in [4.69, 9.17) is 25.7 Å². The average molecular weight is 1090 g/mol. The molecule has 6 aromatic rings. The van der Waals surface area contributed by atoms with Crippen LogP contribution in [0, 0.1) is 0 Å². The lowest BCUT2D eigenvalue weighted by molar-refractivity contribution is -0.159. The molecule has 0 aromatic heterocycles. The van der Waals surface area contributed by atoms with Gasteiger partial charge in [-0.3, -0.25) is 24.0 Å². The summed E-state index contributed by atoms with van der Waals surface area (Å²) < 4.78 is 16.4. The zero-order chi connectivity index (χ0) is 56.9. The number of hydrogen-bond donors (Lipinski definition) is 6. The molecule has 0 saturated heterocycles. The number of thioether (sulfide) groups is 1. The number of rotatable bonds is 23. The number of carbonyl (C=O) groups is 7. The van der Waals surface area contributed by atoms with Gasteiger partial charge in [0.2, 0.25) is 29.5 Å². The van der Waals surface area contributed by atoms with Crippen molar-refractivity contribution in [3.63, 3.8) is 0 Å². The summed E-state index contributed by atoms with van der Waals surface area (Å²) >= 11 is 1.33. The Morgan fingerprint density at radius 3 is 1.42 bits per heavy atom. The molecule has 17 heteroatoms. The van der Waals surface area contributed by atoms with Crippen LogP contribution in [-0.2, 0) is 49.4 Å². The SMILES string of the molecule is CC(C)(C)OC(=O)[C@H](CC(N)=O)NC(=O)[C@H](CSC(c1ccccc1)(c1ccccc1)c1ccccc1)NC(=O)[C@H](Cc1ccc(OC(C)(C)C)cc1)NC(=O)[C@H](CC(N)=O)NC(=O)OCC1c2ccccc2-c2ccccc21. The second-order valence-electron chi connectivity index (χ2n) is 21.2. The Morgan fingerprint density at radius 2 is 0.937 bits per heavy atom. The number of carbonyl (C=O) groups excluding carboxylic acids is 7. The van der Waals surface area contributed by atoms with Crippen molar-refractivity contribution in [1.82, 2.24) is 21.3 Å². The Morgan fingerprint density at radius 1 is 0.506 bits per heavy atom. The van der Waals surface area contributed by atoms with Gasteiger partial charge in [-0.05, 0) is 98.2 Å². The molecule has 6 aromatic carbocycles. The minimum Gasteiger partial charge on any atom is -0.488 e. The fraction of sp³-hybridized carbons (Fsp3) is 0.306. The average Bonchev–Trinajstić information content (AvgIpc) is 3.88. The normalized spacial score (nSPS) is 13.7. The molecule has 4 atom stereocenters. The van der Waals surface area contributed by atoms with Crippen molar-refractivity contribution < 1.29 is 47.8 Å². The van der Waals surface area contributed by atoms with E-state index in [1.807, 2.05) is 160 Å². The fourth-order valence-electron chi connectivity index (χ4n) is 9.43. The fourth-order valence-corrected chi connectivity index (χ4v) is 11.0. The smallest absolute Gasteiger partial charge is 0.407 e. The number of nitrogens with two attached hydrogens (primary N) is 2. The van der Waals surface area contributed by atoms with Gasteiger partial charge in [-0.15, -0.1) is 11.8 Å². The molecule has 0 bridgehead atoms. The van der Waals surface area contributed by atoms with E-state index >= 15 is 4.79 Å². The van der Waals surface area contributed by atoms with Crippen molar-refractivity contribution in [1.29, 1.82) is 0 Å². The Balaban J connectivity index is 1.22. The third-order valence-electron chi connectivity index (χ3n) is 12.8. The van der Waals surface area contributed by atoms with Crippen LogP contribution in [0.4, 0.5) is 4.79 Å². The van der Waals surface area contributed by atoms with Gasteiger partial charge in [-0.2, -0.15) is 0 Å². The highest BCUT2D eigenvalue weighted by Crippen LogP contribution is 2.49. The Labute approximate surface area is 465 Å². The maximum atomic E-state index is 15.2. The third kappa shape index (κ3) is 15.6. The lowest BCUT2D eigenvalue weighted by atomic mass is 9.84. The number of ether oxygens (including phenoxy) is 3. The first-order valence-corrected chi connectivity index (χ1v) is 27.0. The van der Waals surface area contributed by atoms with Crippen molar-refractivity contribution in [3.8, 4) is 16.9 Å². The van der Waals surface area contributed by atoms with E-state index in [1.54, 1.807) is 45.0 Å². The summed E-state index contributed by atoms with van der Waals surface area (Å²) in [6.45, 7) is 10.5. The molecule has 7 rings (SSSR count). The van der Waals surface area contributed by atoms with Crippen LogP contribution in [0.3, 0.4) is 0 Å². The van der Waals surface area contributed by atoms with Crippen molar-refractivity contribution >= 4 is 53.4 Å². The number of primary amides is 2. The molecule has 1 aliphatic rings. The molecule has 0 spiro atoms. The van der Waals surface area contributed by atoms with Crippen molar-refractivity contribution in [2.24, 2.45) is 11.5 Å². The molecule has 0 fully saturated rings. The van der Waals surface area contributed by atoms with Gasteiger partial charge in [0.1, 0.15) is 47.7 Å².